The molecule has 24 heavy (non-hydrogen) atoms. The van der Waals surface area contributed by atoms with Gasteiger partial charge in [-0.1, -0.05) is 19.3 Å². The van der Waals surface area contributed by atoms with Gasteiger partial charge in [-0.2, -0.15) is 0 Å². The Morgan fingerprint density at radius 3 is 3.00 bits per heavy atom. The number of fused-ring (bicyclic) bond motifs is 1. The van der Waals surface area contributed by atoms with Crippen LogP contribution in [-0.2, 0) is 9.53 Å². The summed E-state index contributed by atoms with van der Waals surface area (Å²) in [6, 6.07) is 1.70. The maximum absolute atomic E-state index is 12.5. The Bertz CT molecular complexity index is 670. The molecule has 1 aromatic heterocycles. The molecule has 1 saturated carbocycles. The van der Waals surface area contributed by atoms with E-state index in [1.807, 2.05) is 0 Å². The van der Waals surface area contributed by atoms with Gasteiger partial charge in [-0.3, -0.25) is 9.59 Å². The molecule has 4 rings (SSSR count). The summed E-state index contributed by atoms with van der Waals surface area (Å²) in [6.45, 7) is 0.773. The van der Waals surface area contributed by atoms with E-state index in [0.717, 1.165) is 19.3 Å². The van der Waals surface area contributed by atoms with Crippen molar-refractivity contribution in [3.63, 3.8) is 0 Å². The highest BCUT2D eigenvalue weighted by molar-refractivity contribution is 6.02. The van der Waals surface area contributed by atoms with Crippen LogP contribution in [0.4, 0.5) is 11.5 Å². The van der Waals surface area contributed by atoms with Crippen LogP contribution >= 0.6 is 0 Å². The molecule has 3 heterocycles. The number of nitrogens with zero attached hydrogens (tertiary/aromatic N) is 1. The summed E-state index contributed by atoms with van der Waals surface area (Å²) in [5.41, 5.74) is 0.968. The quantitative estimate of drug-likeness (QED) is 0.767. The van der Waals surface area contributed by atoms with Crippen molar-refractivity contribution in [2.24, 2.45) is 0 Å². The molecule has 1 atom stereocenters. The van der Waals surface area contributed by atoms with E-state index in [2.05, 4.69) is 20.9 Å². The molecule has 1 unspecified atom stereocenters. The van der Waals surface area contributed by atoms with Crippen LogP contribution in [0, 0.1) is 0 Å². The first-order valence-corrected chi connectivity index (χ1v) is 8.62. The van der Waals surface area contributed by atoms with Crippen molar-refractivity contribution in [2.75, 3.05) is 23.8 Å². The molecule has 2 aliphatic heterocycles. The predicted octanol–water partition coefficient (Wildman–Crippen LogP) is 1.67. The molecule has 3 aliphatic rings. The van der Waals surface area contributed by atoms with E-state index in [9.17, 15) is 9.59 Å². The third kappa shape index (κ3) is 2.96. The molecule has 0 aromatic carbocycles. The molecule has 7 nitrogen and oxygen atoms in total. The minimum atomic E-state index is -0.174. The molecule has 128 valence electrons. The van der Waals surface area contributed by atoms with E-state index < -0.39 is 0 Å². The van der Waals surface area contributed by atoms with Gasteiger partial charge in [-0.15, -0.1) is 0 Å². The lowest BCUT2D eigenvalue weighted by molar-refractivity contribution is -0.114. The Kier molecular flexibility index (Phi) is 3.88. The molecule has 1 aliphatic carbocycles. The summed E-state index contributed by atoms with van der Waals surface area (Å²) < 4.78 is 6.04. The van der Waals surface area contributed by atoms with Gasteiger partial charge < -0.3 is 20.7 Å². The lowest BCUT2D eigenvalue weighted by Gasteiger charge is -2.32. The van der Waals surface area contributed by atoms with E-state index in [-0.39, 0.29) is 30.0 Å². The number of nitrogens with one attached hydrogen (secondary N) is 3. The van der Waals surface area contributed by atoms with Crippen molar-refractivity contribution in [3.8, 4) is 0 Å². The number of hydrogen-bond acceptors (Lipinski definition) is 5. The number of ether oxygens (including phenoxy) is 1. The maximum atomic E-state index is 12.5. The van der Waals surface area contributed by atoms with Crippen LogP contribution in [0.1, 0.15) is 48.9 Å². The molecule has 0 radical (unpaired) electrons. The summed E-state index contributed by atoms with van der Waals surface area (Å²) in [6.07, 6.45) is 8.31. The number of carbonyl (C=O) groups excluding carboxylic acids is 2. The Labute approximate surface area is 140 Å². The van der Waals surface area contributed by atoms with Crippen LogP contribution in [0.3, 0.4) is 0 Å². The zero-order valence-corrected chi connectivity index (χ0v) is 13.6. The van der Waals surface area contributed by atoms with Crippen LogP contribution in [0.5, 0.6) is 0 Å². The van der Waals surface area contributed by atoms with Gasteiger partial charge in [-0.25, -0.2) is 4.98 Å². The first-order chi connectivity index (χ1) is 11.6. The molecule has 2 amide bonds. The lowest BCUT2D eigenvalue weighted by Crippen LogP contribution is -2.37. The monoisotopic (exact) mass is 330 g/mol. The molecule has 1 spiro atoms. The number of carbonyl (C=O) groups is 2. The molecule has 0 bridgehead atoms. The Morgan fingerprint density at radius 2 is 2.17 bits per heavy atom. The minimum absolute atomic E-state index is 0.0256. The van der Waals surface area contributed by atoms with E-state index in [1.54, 1.807) is 6.07 Å². The number of aromatic nitrogens is 1. The zero-order chi connectivity index (χ0) is 16.6. The predicted molar refractivity (Wildman–Crippen MR) is 89.0 cm³/mol. The van der Waals surface area contributed by atoms with Crippen LogP contribution in [-0.4, -0.2) is 41.6 Å². The van der Waals surface area contributed by atoms with Crippen molar-refractivity contribution in [1.82, 2.24) is 10.3 Å². The normalized spacial score (nSPS) is 24.8. The van der Waals surface area contributed by atoms with Crippen molar-refractivity contribution in [2.45, 2.75) is 50.2 Å². The Hall–Kier alpha value is -2.15. The van der Waals surface area contributed by atoms with Gasteiger partial charge in [0.1, 0.15) is 5.82 Å². The fourth-order valence-electron chi connectivity index (χ4n) is 3.93. The van der Waals surface area contributed by atoms with Gasteiger partial charge in [0.2, 0.25) is 5.91 Å². The average molecular weight is 330 g/mol. The molecule has 1 saturated heterocycles. The van der Waals surface area contributed by atoms with Crippen LogP contribution < -0.4 is 16.0 Å². The summed E-state index contributed by atoms with van der Waals surface area (Å²) in [5.74, 6) is 0.286. The third-order valence-electron chi connectivity index (χ3n) is 5.15. The van der Waals surface area contributed by atoms with Gasteiger partial charge in [0.25, 0.3) is 5.91 Å². The summed E-state index contributed by atoms with van der Waals surface area (Å²) in [4.78, 5) is 28.2. The second-order valence-corrected chi connectivity index (χ2v) is 6.95. The van der Waals surface area contributed by atoms with E-state index in [4.69, 9.17) is 4.74 Å². The van der Waals surface area contributed by atoms with Crippen LogP contribution in [0.2, 0.25) is 0 Å². The van der Waals surface area contributed by atoms with E-state index in [1.165, 1.54) is 25.5 Å². The molecule has 2 fully saturated rings. The second-order valence-electron chi connectivity index (χ2n) is 6.95. The SMILES string of the molecule is O=C1CNc2ncc(C(=O)NC3COC4(CCCCC4)C3)cc2N1. The summed E-state index contributed by atoms with van der Waals surface area (Å²) in [7, 11) is 0. The largest absolute Gasteiger partial charge is 0.373 e. The first kappa shape index (κ1) is 15.4. The van der Waals surface area contributed by atoms with Crippen LogP contribution in [0.25, 0.3) is 0 Å². The van der Waals surface area contributed by atoms with Crippen molar-refractivity contribution < 1.29 is 14.3 Å². The van der Waals surface area contributed by atoms with Gasteiger partial charge in [0.15, 0.2) is 0 Å². The highest BCUT2D eigenvalue weighted by atomic mass is 16.5. The number of hydrogen-bond donors (Lipinski definition) is 3. The first-order valence-electron chi connectivity index (χ1n) is 8.62. The van der Waals surface area contributed by atoms with Crippen molar-refractivity contribution >= 4 is 23.3 Å². The zero-order valence-electron chi connectivity index (χ0n) is 13.6. The fraction of sp³-hybridized carbons (Fsp3) is 0.588. The maximum Gasteiger partial charge on any atom is 0.253 e. The molecular formula is C17H22N4O3. The summed E-state index contributed by atoms with van der Waals surface area (Å²) in [5, 5.41) is 8.69. The number of rotatable bonds is 2. The standard InChI is InChI=1S/C17H22N4O3/c22-14-9-19-15-13(21-14)6-11(8-18-15)16(23)20-12-7-17(24-10-12)4-2-1-3-5-17/h6,8,12H,1-5,7,9-10H2,(H,18,19)(H,20,23)(H,21,22). The molecule has 1 aromatic rings. The highest BCUT2D eigenvalue weighted by Crippen LogP contribution is 2.39. The molecule has 7 heteroatoms. The van der Waals surface area contributed by atoms with Crippen molar-refractivity contribution in [1.29, 1.82) is 0 Å². The fourth-order valence-corrected chi connectivity index (χ4v) is 3.93. The molecular weight excluding hydrogens is 308 g/mol. The molecule has 3 N–H and O–H groups in total. The topological polar surface area (TPSA) is 92.4 Å². The van der Waals surface area contributed by atoms with Crippen molar-refractivity contribution in [3.05, 3.63) is 17.8 Å². The number of pyridine rings is 1. The van der Waals surface area contributed by atoms with Gasteiger partial charge >= 0.3 is 0 Å². The lowest BCUT2D eigenvalue weighted by atomic mass is 9.82. The van der Waals surface area contributed by atoms with Gasteiger partial charge in [0.05, 0.1) is 36.0 Å². The number of anilines is 2. The van der Waals surface area contributed by atoms with Gasteiger partial charge in [-0.05, 0) is 25.3 Å². The Balaban J connectivity index is 1.41. The minimum Gasteiger partial charge on any atom is -0.373 e. The van der Waals surface area contributed by atoms with Gasteiger partial charge in [0, 0.05) is 6.20 Å². The van der Waals surface area contributed by atoms with E-state index in [0.29, 0.717) is 23.7 Å². The van der Waals surface area contributed by atoms with Crippen LogP contribution in [0.15, 0.2) is 12.3 Å². The van der Waals surface area contributed by atoms with E-state index >= 15 is 0 Å². The average Bonchev–Trinajstić information content (AvgIpc) is 2.96. The smallest absolute Gasteiger partial charge is 0.253 e. The summed E-state index contributed by atoms with van der Waals surface area (Å²) >= 11 is 0. The Morgan fingerprint density at radius 1 is 1.33 bits per heavy atom. The highest BCUT2D eigenvalue weighted by Gasteiger charge is 2.41. The third-order valence-corrected chi connectivity index (χ3v) is 5.15. The second kappa shape index (κ2) is 6.05. The number of amides is 2.